The summed E-state index contributed by atoms with van der Waals surface area (Å²) in [7, 11) is 0. The zero-order chi connectivity index (χ0) is 36.5. The SMILES string of the molecule is C[C@@H]1c2cnc(-c3ncccn3)nc2CCN1c1cc(O)c(F)c(F)c1.C[C@H]1c2cnc(-c3ncccn3)nc2CCN1c1cc(O)c(F)c(F)c1. The molecule has 2 N–H and O–H groups in total. The first-order chi connectivity index (χ1) is 25.1. The van der Waals surface area contributed by atoms with Crippen LogP contribution < -0.4 is 9.80 Å². The van der Waals surface area contributed by atoms with E-state index >= 15 is 0 Å². The van der Waals surface area contributed by atoms with Gasteiger partial charge in [-0.3, -0.25) is 0 Å². The van der Waals surface area contributed by atoms with E-state index in [0.717, 1.165) is 34.6 Å². The molecule has 2 aliphatic heterocycles. The van der Waals surface area contributed by atoms with Crippen LogP contribution in [0.4, 0.5) is 28.9 Å². The lowest BCUT2D eigenvalue weighted by atomic mass is 9.98. The molecule has 0 unspecified atom stereocenters. The predicted octanol–water partition coefficient (Wildman–Crippen LogP) is 6.08. The van der Waals surface area contributed by atoms with Crippen molar-refractivity contribution in [1.82, 2.24) is 39.9 Å². The molecule has 0 radical (unpaired) electrons. The number of phenolic OH excluding ortho intramolecular Hbond substituents is 2. The second kappa shape index (κ2) is 14.1. The zero-order valence-corrected chi connectivity index (χ0v) is 27.8. The average molecular weight is 711 g/mol. The number of phenols is 2. The quantitative estimate of drug-likeness (QED) is 0.204. The molecule has 0 amide bonds. The maximum atomic E-state index is 13.7. The minimum absolute atomic E-state index is 0.159. The second-order valence-corrected chi connectivity index (χ2v) is 12.1. The number of halogens is 4. The first kappa shape index (κ1) is 34.1. The van der Waals surface area contributed by atoms with E-state index in [1.165, 1.54) is 12.1 Å². The molecule has 0 saturated carbocycles. The van der Waals surface area contributed by atoms with Crippen molar-refractivity contribution in [2.45, 2.75) is 38.8 Å². The number of benzene rings is 2. The second-order valence-electron chi connectivity index (χ2n) is 12.1. The number of hydrogen-bond donors (Lipinski definition) is 2. The third-order valence-corrected chi connectivity index (χ3v) is 9.00. The Morgan fingerprint density at radius 3 is 1.31 bits per heavy atom. The van der Waals surface area contributed by atoms with Crippen LogP contribution in [-0.2, 0) is 12.8 Å². The maximum Gasteiger partial charge on any atom is 0.200 e. The van der Waals surface area contributed by atoms with Gasteiger partial charge in [-0.25, -0.2) is 48.7 Å². The monoisotopic (exact) mass is 710 g/mol. The summed E-state index contributed by atoms with van der Waals surface area (Å²) < 4.78 is 54.0. The summed E-state index contributed by atoms with van der Waals surface area (Å²) >= 11 is 0. The molecule has 6 heterocycles. The van der Waals surface area contributed by atoms with Crippen molar-refractivity contribution in [1.29, 1.82) is 0 Å². The van der Waals surface area contributed by atoms with Crippen LogP contribution >= 0.6 is 0 Å². The molecule has 12 nitrogen and oxygen atoms in total. The van der Waals surface area contributed by atoms with Crippen molar-refractivity contribution < 1.29 is 27.8 Å². The number of hydrogen-bond acceptors (Lipinski definition) is 12. The van der Waals surface area contributed by atoms with Gasteiger partial charge in [0.1, 0.15) is 0 Å². The number of aromatic hydroxyl groups is 2. The Morgan fingerprint density at radius 2 is 0.942 bits per heavy atom. The molecule has 4 aromatic heterocycles. The van der Waals surface area contributed by atoms with Crippen LogP contribution in [0.15, 0.2) is 73.6 Å². The van der Waals surface area contributed by atoms with E-state index in [-0.39, 0.29) is 12.1 Å². The summed E-state index contributed by atoms with van der Waals surface area (Å²) in [5, 5.41) is 19.2. The van der Waals surface area contributed by atoms with Gasteiger partial charge < -0.3 is 20.0 Å². The minimum atomic E-state index is -1.24. The van der Waals surface area contributed by atoms with Crippen LogP contribution in [0.2, 0.25) is 0 Å². The smallest absolute Gasteiger partial charge is 0.200 e. The summed E-state index contributed by atoms with van der Waals surface area (Å²) in [6.07, 6.45) is 11.1. The topological polar surface area (TPSA) is 150 Å². The maximum absolute atomic E-state index is 13.7. The van der Waals surface area contributed by atoms with Crippen molar-refractivity contribution in [3.63, 3.8) is 0 Å². The lowest BCUT2D eigenvalue weighted by Gasteiger charge is -2.36. The minimum Gasteiger partial charge on any atom is -0.505 e. The van der Waals surface area contributed by atoms with Crippen LogP contribution in [0.3, 0.4) is 0 Å². The summed E-state index contributed by atoms with van der Waals surface area (Å²) in [5.74, 6) is -4.23. The molecule has 264 valence electrons. The Labute approximate surface area is 294 Å². The first-order valence-electron chi connectivity index (χ1n) is 16.2. The van der Waals surface area contributed by atoms with E-state index in [9.17, 15) is 27.8 Å². The standard InChI is InChI=1S/2C18H15F2N5O/c2*1-10-12-9-23-18(17-21-4-2-5-22-17)24-14(12)3-6-25(10)11-7-13(19)16(20)15(26)8-11/h2*2,4-5,7-10,26H,3,6H2,1H3/t2*10-/m10/s1. The van der Waals surface area contributed by atoms with Crippen molar-refractivity contribution in [2.24, 2.45) is 0 Å². The number of nitrogens with zero attached hydrogens (tertiary/aromatic N) is 10. The molecule has 2 aliphatic rings. The molecule has 16 heteroatoms. The van der Waals surface area contributed by atoms with Gasteiger partial charge >= 0.3 is 0 Å². The average Bonchev–Trinajstić information content (AvgIpc) is 3.16. The van der Waals surface area contributed by atoms with Crippen LogP contribution in [0, 0.1) is 23.3 Å². The van der Waals surface area contributed by atoms with Gasteiger partial charge in [0.2, 0.25) is 0 Å². The Hall–Kier alpha value is -6.32. The molecule has 2 atom stereocenters. The molecule has 0 bridgehead atoms. The van der Waals surface area contributed by atoms with E-state index in [2.05, 4.69) is 39.9 Å². The van der Waals surface area contributed by atoms with Gasteiger partial charge in [0.15, 0.2) is 58.1 Å². The number of anilines is 2. The molecule has 0 aliphatic carbocycles. The largest absolute Gasteiger partial charge is 0.505 e. The fourth-order valence-electron chi connectivity index (χ4n) is 6.33. The molecular formula is C36H30F4N10O2. The lowest BCUT2D eigenvalue weighted by Crippen LogP contribution is -2.34. The van der Waals surface area contributed by atoms with Gasteiger partial charge in [-0.2, -0.15) is 8.78 Å². The van der Waals surface area contributed by atoms with Gasteiger partial charge in [-0.05, 0) is 26.0 Å². The van der Waals surface area contributed by atoms with Crippen LogP contribution in [-0.4, -0.2) is 63.2 Å². The summed E-state index contributed by atoms with van der Waals surface area (Å²) in [5.41, 5.74) is 4.35. The van der Waals surface area contributed by atoms with Gasteiger partial charge in [-0.1, -0.05) is 0 Å². The van der Waals surface area contributed by atoms with Crippen LogP contribution in [0.1, 0.15) is 48.4 Å². The summed E-state index contributed by atoms with van der Waals surface area (Å²) in [4.78, 5) is 38.2. The number of fused-ring (bicyclic) bond motifs is 2. The van der Waals surface area contributed by atoms with Gasteiger partial charge in [0.25, 0.3) is 0 Å². The highest BCUT2D eigenvalue weighted by Gasteiger charge is 2.29. The Morgan fingerprint density at radius 1 is 0.558 bits per heavy atom. The number of aromatic nitrogens is 8. The molecular weight excluding hydrogens is 680 g/mol. The summed E-state index contributed by atoms with van der Waals surface area (Å²) in [6.45, 7) is 4.95. The third kappa shape index (κ3) is 6.61. The van der Waals surface area contributed by atoms with E-state index in [0.29, 0.717) is 60.6 Å². The molecule has 0 saturated heterocycles. The van der Waals surface area contributed by atoms with Gasteiger partial charge in [0.05, 0.1) is 23.5 Å². The fraction of sp³-hybridized carbons (Fsp3) is 0.222. The van der Waals surface area contributed by atoms with Gasteiger partial charge in [0, 0.05) is 110 Å². The van der Waals surface area contributed by atoms with Crippen molar-refractivity contribution >= 4 is 11.4 Å². The van der Waals surface area contributed by atoms with Crippen molar-refractivity contribution in [3.8, 4) is 34.8 Å². The predicted molar refractivity (Wildman–Crippen MR) is 181 cm³/mol. The molecule has 0 fully saturated rings. The Bertz CT molecular complexity index is 2050. The van der Waals surface area contributed by atoms with E-state index in [1.807, 2.05) is 23.6 Å². The first-order valence-corrected chi connectivity index (χ1v) is 16.2. The van der Waals surface area contributed by atoms with Crippen molar-refractivity contribution in [2.75, 3.05) is 22.9 Å². The van der Waals surface area contributed by atoms with Gasteiger partial charge in [-0.15, -0.1) is 0 Å². The lowest BCUT2D eigenvalue weighted by molar-refractivity contribution is 0.406. The molecule has 6 aromatic rings. The zero-order valence-electron chi connectivity index (χ0n) is 27.8. The summed E-state index contributed by atoms with van der Waals surface area (Å²) in [6, 6.07) is 7.76. The molecule has 52 heavy (non-hydrogen) atoms. The van der Waals surface area contributed by atoms with E-state index in [4.69, 9.17) is 0 Å². The highest BCUT2D eigenvalue weighted by Crippen LogP contribution is 2.37. The van der Waals surface area contributed by atoms with Crippen LogP contribution in [0.25, 0.3) is 23.3 Å². The fourth-order valence-corrected chi connectivity index (χ4v) is 6.33. The van der Waals surface area contributed by atoms with Crippen LogP contribution in [0.5, 0.6) is 11.5 Å². The highest BCUT2D eigenvalue weighted by molar-refractivity contribution is 5.57. The van der Waals surface area contributed by atoms with Crippen molar-refractivity contribution in [3.05, 3.63) is 119 Å². The Kier molecular flexibility index (Phi) is 9.28. The number of rotatable bonds is 4. The molecule has 8 rings (SSSR count). The normalized spacial score (nSPS) is 16.4. The van der Waals surface area contributed by atoms with E-state index in [1.54, 1.807) is 49.3 Å². The van der Waals surface area contributed by atoms with E-state index < -0.39 is 34.8 Å². The third-order valence-electron chi connectivity index (χ3n) is 9.00. The molecule has 0 spiro atoms. The molecule has 2 aromatic carbocycles. The Balaban J connectivity index is 0.000000162. The highest BCUT2D eigenvalue weighted by atomic mass is 19.2.